The maximum absolute atomic E-state index is 13.8. The van der Waals surface area contributed by atoms with E-state index in [1.165, 1.54) is 6.42 Å². The van der Waals surface area contributed by atoms with Crippen LogP contribution in [0.3, 0.4) is 0 Å². The summed E-state index contributed by atoms with van der Waals surface area (Å²) in [5.74, 6) is 0.428. The van der Waals surface area contributed by atoms with E-state index in [2.05, 4.69) is 0 Å². The average molecular weight is 220 g/mol. The molecular formula is C11H22F2Si. The SMILES string of the molecule is CC(C)CC[Si](F)(F)C1CCCCC1. The van der Waals surface area contributed by atoms with Crippen molar-refractivity contribution in [1.29, 1.82) is 0 Å². The van der Waals surface area contributed by atoms with Crippen molar-refractivity contribution in [2.45, 2.75) is 64.0 Å². The van der Waals surface area contributed by atoms with Crippen LogP contribution in [0.2, 0.25) is 11.6 Å². The molecule has 0 aromatic heterocycles. The molecule has 0 aromatic rings. The maximum atomic E-state index is 13.8. The molecule has 0 radical (unpaired) electrons. The summed E-state index contributed by atoms with van der Waals surface area (Å²) in [7, 11) is -3.87. The van der Waals surface area contributed by atoms with Gasteiger partial charge in [-0.05, 0) is 31.2 Å². The van der Waals surface area contributed by atoms with Crippen LogP contribution in [0, 0.1) is 5.92 Å². The third-order valence-corrected chi connectivity index (χ3v) is 5.98. The lowest BCUT2D eigenvalue weighted by molar-refractivity contribution is 0.423. The minimum atomic E-state index is -3.87. The summed E-state index contributed by atoms with van der Waals surface area (Å²) < 4.78 is 27.6. The Morgan fingerprint density at radius 1 is 1.14 bits per heavy atom. The van der Waals surface area contributed by atoms with Gasteiger partial charge in [0.05, 0.1) is 0 Å². The molecule has 0 nitrogen and oxygen atoms in total. The highest BCUT2D eigenvalue weighted by molar-refractivity contribution is 6.67. The molecule has 0 aromatic carbocycles. The molecule has 0 saturated heterocycles. The number of halogens is 2. The van der Waals surface area contributed by atoms with Gasteiger partial charge in [0.2, 0.25) is 0 Å². The molecule has 1 aliphatic carbocycles. The van der Waals surface area contributed by atoms with Crippen molar-refractivity contribution in [3.63, 3.8) is 0 Å². The molecule has 0 heterocycles. The van der Waals surface area contributed by atoms with E-state index in [1.807, 2.05) is 13.8 Å². The van der Waals surface area contributed by atoms with Crippen LogP contribution in [0.15, 0.2) is 0 Å². The van der Waals surface area contributed by atoms with Gasteiger partial charge in [0.1, 0.15) is 0 Å². The molecule has 0 spiro atoms. The summed E-state index contributed by atoms with van der Waals surface area (Å²) in [5, 5.41) is 0. The van der Waals surface area contributed by atoms with Gasteiger partial charge in [-0.25, -0.2) is 0 Å². The Morgan fingerprint density at radius 3 is 2.21 bits per heavy atom. The van der Waals surface area contributed by atoms with Crippen LogP contribution in [0.25, 0.3) is 0 Å². The van der Waals surface area contributed by atoms with Crippen molar-refractivity contribution in [3.05, 3.63) is 0 Å². The molecule has 0 amide bonds. The van der Waals surface area contributed by atoms with Crippen molar-refractivity contribution in [2.75, 3.05) is 0 Å². The zero-order valence-electron chi connectivity index (χ0n) is 9.36. The molecule has 0 N–H and O–H groups in total. The van der Waals surface area contributed by atoms with Crippen LogP contribution in [0.1, 0.15) is 52.4 Å². The van der Waals surface area contributed by atoms with Crippen molar-refractivity contribution in [1.82, 2.24) is 0 Å². The first kappa shape index (κ1) is 12.1. The zero-order valence-corrected chi connectivity index (χ0v) is 10.4. The van der Waals surface area contributed by atoms with Crippen molar-refractivity contribution in [3.8, 4) is 0 Å². The zero-order chi connectivity index (χ0) is 10.6. The van der Waals surface area contributed by atoms with Crippen LogP contribution in [-0.2, 0) is 0 Å². The smallest absolute Gasteiger partial charge is 0.270 e. The van der Waals surface area contributed by atoms with E-state index in [0.29, 0.717) is 5.92 Å². The first-order valence-corrected chi connectivity index (χ1v) is 7.94. The van der Waals surface area contributed by atoms with Crippen LogP contribution < -0.4 is 0 Å². The second-order valence-electron chi connectivity index (χ2n) is 5.03. The highest BCUT2D eigenvalue weighted by atomic mass is 28.4. The highest BCUT2D eigenvalue weighted by Crippen LogP contribution is 2.41. The first-order valence-electron chi connectivity index (χ1n) is 5.90. The molecule has 3 heteroatoms. The molecule has 1 fully saturated rings. The monoisotopic (exact) mass is 220 g/mol. The summed E-state index contributed by atoms with van der Waals surface area (Å²) in [6.07, 6.45) is 5.57. The van der Waals surface area contributed by atoms with Crippen LogP contribution in [0.5, 0.6) is 0 Å². The predicted molar refractivity (Wildman–Crippen MR) is 59.1 cm³/mol. The molecule has 84 valence electrons. The Morgan fingerprint density at radius 2 is 1.71 bits per heavy atom. The van der Waals surface area contributed by atoms with Gasteiger partial charge in [0.25, 0.3) is 0 Å². The maximum Gasteiger partial charge on any atom is 0.427 e. The molecule has 14 heavy (non-hydrogen) atoms. The van der Waals surface area contributed by atoms with Crippen molar-refractivity contribution < 1.29 is 8.22 Å². The Kier molecular flexibility index (Phi) is 4.55. The quantitative estimate of drug-likeness (QED) is 0.474. The van der Waals surface area contributed by atoms with Crippen molar-refractivity contribution >= 4 is 8.74 Å². The van der Waals surface area contributed by atoms with Crippen LogP contribution in [0.4, 0.5) is 8.22 Å². The van der Waals surface area contributed by atoms with E-state index in [1.54, 1.807) is 0 Å². The Labute approximate surface area is 87.4 Å². The van der Waals surface area contributed by atoms with Gasteiger partial charge in [0, 0.05) is 5.54 Å². The molecule has 0 bridgehead atoms. The number of hydrogen-bond acceptors (Lipinski definition) is 0. The minimum Gasteiger partial charge on any atom is -0.270 e. The summed E-state index contributed by atoms with van der Waals surface area (Å²) in [6.45, 7) is 4.07. The van der Waals surface area contributed by atoms with E-state index >= 15 is 0 Å². The summed E-state index contributed by atoms with van der Waals surface area (Å²) in [6, 6.07) is 0.231. The van der Waals surface area contributed by atoms with Gasteiger partial charge in [0.15, 0.2) is 0 Å². The van der Waals surface area contributed by atoms with Gasteiger partial charge in [-0.15, -0.1) is 0 Å². The van der Waals surface area contributed by atoms with Gasteiger partial charge in [-0.3, -0.25) is 8.22 Å². The van der Waals surface area contributed by atoms with E-state index in [-0.39, 0.29) is 11.6 Å². The minimum absolute atomic E-state index is 0.185. The summed E-state index contributed by atoms with van der Waals surface area (Å²) >= 11 is 0. The third kappa shape index (κ3) is 3.68. The molecular weight excluding hydrogens is 198 g/mol. The Balaban J connectivity index is 2.37. The van der Waals surface area contributed by atoms with Crippen molar-refractivity contribution in [2.24, 2.45) is 5.92 Å². The highest BCUT2D eigenvalue weighted by Gasteiger charge is 2.44. The Bertz CT molecular complexity index is 163. The second-order valence-corrected chi connectivity index (χ2v) is 7.87. The summed E-state index contributed by atoms with van der Waals surface area (Å²) in [5.41, 5.74) is -0.185. The normalized spacial score (nSPS) is 20.4. The lowest BCUT2D eigenvalue weighted by Gasteiger charge is -2.27. The predicted octanol–water partition coefficient (Wildman–Crippen LogP) is 4.75. The van der Waals surface area contributed by atoms with E-state index < -0.39 is 8.74 Å². The lowest BCUT2D eigenvalue weighted by atomic mass is 10.0. The molecule has 1 saturated carbocycles. The standard InChI is InChI=1S/C11H22F2Si/c1-10(2)8-9-14(12,13)11-6-4-3-5-7-11/h10-11H,3-9H2,1-2H3. The fourth-order valence-corrected chi connectivity index (χ4v) is 4.83. The van der Waals surface area contributed by atoms with Gasteiger partial charge >= 0.3 is 8.74 Å². The molecule has 0 atom stereocenters. The van der Waals surface area contributed by atoms with E-state index in [0.717, 1.165) is 32.1 Å². The van der Waals surface area contributed by atoms with Gasteiger partial charge in [-0.2, -0.15) is 0 Å². The van der Waals surface area contributed by atoms with Gasteiger partial charge < -0.3 is 0 Å². The fraction of sp³-hybridized carbons (Fsp3) is 1.00. The molecule has 1 rings (SSSR count). The number of hydrogen-bond donors (Lipinski definition) is 0. The van der Waals surface area contributed by atoms with Crippen LogP contribution in [-0.4, -0.2) is 8.74 Å². The first-order chi connectivity index (χ1) is 6.52. The fourth-order valence-electron chi connectivity index (χ4n) is 2.21. The Hall–Kier alpha value is 0.0769. The van der Waals surface area contributed by atoms with E-state index in [9.17, 15) is 8.22 Å². The summed E-state index contributed by atoms with van der Waals surface area (Å²) in [4.78, 5) is 0. The average Bonchev–Trinajstić information content (AvgIpc) is 2.16. The lowest BCUT2D eigenvalue weighted by Crippen LogP contribution is -2.31. The number of rotatable bonds is 4. The van der Waals surface area contributed by atoms with E-state index in [4.69, 9.17) is 0 Å². The molecule has 1 aliphatic rings. The third-order valence-electron chi connectivity index (χ3n) is 3.26. The topological polar surface area (TPSA) is 0 Å². The van der Waals surface area contributed by atoms with Gasteiger partial charge in [-0.1, -0.05) is 33.1 Å². The second kappa shape index (κ2) is 5.24. The van der Waals surface area contributed by atoms with Crippen LogP contribution >= 0.6 is 0 Å². The molecule has 0 aliphatic heterocycles. The molecule has 0 unspecified atom stereocenters. The largest absolute Gasteiger partial charge is 0.427 e.